The summed E-state index contributed by atoms with van der Waals surface area (Å²) in [6.45, 7) is 2.23. The average molecular weight is 478 g/mol. The lowest BCUT2D eigenvalue weighted by Gasteiger charge is -2.18. The van der Waals surface area contributed by atoms with Crippen LogP contribution in [0.15, 0.2) is 60.2 Å². The lowest BCUT2D eigenvalue weighted by Crippen LogP contribution is -2.14. The van der Waals surface area contributed by atoms with Crippen LogP contribution in [0.2, 0.25) is 0 Å². The van der Waals surface area contributed by atoms with Gasteiger partial charge in [0.05, 0.1) is 11.6 Å². The zero-order valence-electron chi connectivity index (χ0n) is 20.4. The maximum absolute atomic E-state index is 14.7. The summed E-state index contributed by atoms with van der Waals surface area (Å²) in [5.41, 5.74) is 1.44. The summed E-state index contributed by atoms with van der Waals surface area (Å²) in [7, 11) is 0. The molecule has 35 heavy (non-hydrogen) atoms. The van der Waals surface area contributed by atoms with Gasteiger partial charge in [0.25, 0.3) is 0 Å². The molecule has 1 unspecified atom stereocenters. The molecule has 5 heteroatoms. The van der Waals surface area contributed by atoms with Gasteiger partial charge in [-0.3, -0.25) is 0 Å². The van der Waals surface area contributed by atoms with E-state index in [-0.39, 0.29) is 11.7 Å². The van der Waals surface area contributed by atoms with Crippen LogP contribution in [0.3, 0.4) is 0 Å². The van der Waals surface area contributed by atoms with Gasteiger partial charge in [0, 0.05) is 5.92 Å². The minimum atomic E-state index is -1.11. The Kier molecular flexibility index (Phi) is 10.2. The number of nitrogens with zero attached hydrogens (tertiary/aromatic N) is 1. The largest absolute Gasteiger partial charge is 0.423 e. The van der Waals surface area contributed by atoms with E-state index in [1.807, 2.05) is 12.1 Å². The second kappa shape index (κ2) is 13.6. The van der Waals surface area contributed by atoms with Crippen LogP contribution in [0.4, 0.5) is 8.78 Å². The maximum atomic E-state index is 14.7. The smallest absolute Gasteiger partial charge is 0.349 e. The number of unbranched alkanes of at least 4 members (excludes halogenated alkanes) is 7. The van der Waals surface area contributed by atoms with Crippen molar-refractivity contribution in [1.82, 2.24) is 0 Å². The quantitative estimate of drug-likeness (QED) is 0.175. The van der Waals surface area contributed by atoms with Gasteiger partial charge in [-0.1, -0.05) is 75.7 Å². The Morgan fingerprint density at radius 1 is 1.00 bits per heavy atom. The van der Waals surface area contributed by atoms with E-state index in [1.165, 1.54) is 86.9 Å². The molecule has 1 aliphatic rings. The van der Waals surface area contributed by atoms with Crippen molar-refractivity contribution < 1.29 is 18.3 Å². The minimum Gasteiger partial charge on any atom is -0.423 e. The molecule has 0 amide bonds. The number of hydrogen-bond acceptors (Lipinski definition) is 3. The van der Waals surface area contributed by atoms with E-state index >= 15 is 0 Å². The molecule has 1 atom stereocenters. The summed E-state index contributed by atoms with van der Waals surface area (Å²) < 4.78 is 34.5. The van der Waals surface area contributed by atoms with E-state index in [1.54, 1.807) is 0 Å². The third-order valence-electron chi connectivity index (χ3n) is 6.39. The van der Waals surface area contributed by atoms with Gasteiger partial charge < -0.3 is 4.74 Å². The molecular weight excluding hydrogens is 444 g/mol. The van der Waals surface area contributed by atoms with E-state index < -0.39 is 23.2 Å². The van der Waals surface area contributed by atoms with Crippen LogP contribution in [0.25, 0.3) is 0 Å². The van der Waals surface area contributed by atoms with Gasteiger partial charge in [-0.05, 0) is 61.2 Å². The first kappa shape index (κ1) is 26.3. The molecule has 3 nitrogen and oxygen atoms in total. The fourth-order valence-electron chi connectivity index (χ4n) is 4.32. The van der Waals surface area contributed by atoms with Crippen LogP contribution >= 0.6 is 0 Å². The van der Waals surface area contributed by atoms with Gasteiger partial charge in [0.2, 0.25) is 0 Å². The van der Waals surface area contributed by atoms with Crippen LogP contribution < -0.4 is 4.74 Å². The van der Waals surface area contributed by atoms with Crippen LogP contribution in [-0.2, 0) is 0 Å². The number of nitriles is 1. The first-order valence-electron chi connectivity index (χ1n) is 12.6. The van der Waals surface area contributed by atoms with Crippen molar-refractivity contribution in [3.8, 4) is 11.8 Å². The standard InChI is InChI=1S/C30H33F2NO2/c1-2-3-4-5-6-7-8-9-10-22-11-15-24(16-12-22)25-19-27(31)29(28(32)20-25)30(34)35-26-17-13-23(21-33)14-18-26/h11-15,17-20,24H,2-10,16H2,1H3. The fraction of sp³-hybridized carbons (Fsp3) is 0.400. The number of hydrogen-bond donors (Lipinski definition) is 0. The highest BCUT2D eigenvalue weighted by Gasteiger charge is 2.23. The molecule has 0 saturated heterocycles. The summed E-state index contributed by atoms with van der Waals surface area (Å²) in [6.07, 6.45) is 18.2. The summed E-state index contributed by atoms with van der Waals surface area (Å²) >= 11 is 0. The third-order valence-corrected chi connectivity index (χ3v) is 6.39. The zero-order chi connectivity index (χ0) is 25.0. The molecule has 0 N–H and O–H groups in total. The summed E-state index contributed by atoms with van der Waals surface area (Å²) in [5, 5.41) is 8.83. The number of ether oxygens (including phenoxy) is 1. The Morgan fingerprint density at radius 3 is 2.20 bits per heavy atom. The second-order valence-corrected chi connectivity index (χ2v) is 9.09. The predicted octanol–water partition coefficient (Wildman–Crippen LogP) is 8.56. The number of benzene rings is 2. The molecule has 0 heterocycles. The Hall–Kier alpha value is -3.26. The van der Waals surface area contributed by atoms with Gasteiger partial charge in [-0.15, -0.1) is 0 Å². The molecule has 0 radical (unpaired) electrons. The van der Waals surface area contributed by atoms with E-state index in [2.05, 4.69) is 19.1 Å². The van der Waals surface area contributed by atoms with Gasteiger partial charge >= 0.3 is 5.97 Å². The van der Waals surface area contributed by atoms with E-state index in [0.717, 1.165) is 12.8 Å². The molecule has 0 spiro atoms. The molecule has 0 bridgehead atoms. The van der Waals surface area contributed by atoms with Crippen LogP contribution in [-0.4, -0.2) is 5.97 Å². The molecule has 0 aromatic heterocycles. The van der Waals surface area contributed by atoms with Crippen molar-refractivity contribution in [2.24, 2.45) is 0 Å². The van der Waals surface area contributed by atoms with Crippen molar-refractivity contribution in [3.05, 3.63) is 88.5 Å². The number of rotatable bonds is 12. The first-order valence-corrected chi connectivity index (χ1v) is 12.6. The predicted molar refractivity (Wildman–Crippen MR) is 134 cm³/mol. The molecule has 3 rings (SSSR count). The highest BCUT2D eigenvalue weighted by Crippen LogP contribution is 2.31. The fourth-order valence-corrected chi connectivity index (χ4v) is 4.32. The van der Waals surface area contributed by atoms with Gasteiger partial charge in [0.15, 0.2) is 0 Å². The molecule has 1 aliphatic carbocycles. The van der Waals surface area contributed by atoms with E-state index in [9.17, 15) is 13.6 Å². The summed E-state index contributed by atoms with van der Waals surface area (Å²) in [4.78, 5) is 12.4. The molecule has 184 valence electrons. The van der Waals surface area contributed by atoms with Crippen molar-refractivity contribution in [2.45, 2.75) is 77.0 Å². The normalized spacial score (nSPS) is 14.9. The second-order valence-electron chi connectivity index (χ2n) is 9.09. The van der Waals surface area contributed by atoms with Gasteiger partial charge in [-0.25, -0.2) is 13.6 Å². The number of allylic oxidation sites excluding steroid dienone is 4. The van der Waals surface area contributed by atoms with Gasteiger partial charge in [0.1, 0.15) is 22.9 Å². The van der Waals surface area contributed by atoms with E-state index in [4.69, 9.17) is 10.00 Å². The molecule has 0 fully saturated rings. The Balaban J connectivity index is 1.51. The highest BCUT2D eigenvalue weighted by molar-refractivity contribution is 5.91. The lowest BCUT2D eigenvalue weighted by molar-refractivity contribution is 0.0724. The molecular formula is C30H33F2NO2. The van der Waals surface area contributed by atoms with Crippen molar-refractivity contribution >= 4 is 5.97 Å². The number of carbonyl (C=O) groups excluding carboxylic acids is 1. The SMILES string of the molecule is CCCCCCCCCCC1=CCC(c2cc(F)c(C(=O)Oc3ccc(C#N)cc3)c(F)c2)C=C1. The molecule has 2 aromatic carbocycles. The summed E-state index contributed by atoms with van der Waals surface area (Å²) in [6, 6.07) is 10.1. The lowest BCUT2D eigenvalue weighted by atomic mass is 9.88. The Labute approximate surface area is 207 Å². The highest BCUT2D eigenvalue weighted by atomic mass is 19.1. The number of halogens is 2. The molecule has 0 saturated carbocycles. The number of esters is 1. The maximum Gasteiger partial charge on any atom is 0.349 e. The van der Waals surface area contributed by atoms with Crippen LogP contribution in [0.5, 0.6) is 5.75 Å². The first-order chi connectivity index (χ1) is 17.0. The van der Waals surface area contributed by atoms with Crippen molar-refractivity contribution in [1.29, 1.82) is 5.26 Å². The zero-order valence-corrected chi connectivity index (χ0v) is 20.4. The topological polar surface area (TPSA) is 50.1 Å². The van der Waals surface area contributed by atoms with Crippen molar-refractivity contribution in [2.75, 3.05) is 0 Å². The van der Waals surface area contributed by atoms with Crippen LogP contribution in [0, 0.1) is 23.0 Å². The number of carbonyl (C=O) groups is 1. The minimum absolute atomic E-state index is 0.112. The van der Waals surface area contributed by atoms with Gasteiger partial charge in [-0.2, -0.15) is 5.26 Å². The van der Waals surface area contributed by atoms with E-state index in [0.29, 0.717) is 17.5 Å². The average Bonchev–Trinajstić information content (AvgIpc) is 2.86. The monoisotopic (exact) mass is 477 g/mol. The van der Waals surface area contributed by atoms with Crippen molar-refractivity contribution in [3.63, 3.8) is 0 Å². The van der Waals surface area contributed by atoms with Crippen LogP contribution in [0.1, 0.15) is 98.5 Å². The third kappa shape index (κ3) is 7.89. The molecule has 0 aliphatic heterocycles. The summed E-state index contributed by atoms with van der Waals surface area (Å²) in [5.74, 6) is -3.02. The molecule has 2 aromatic rings. The Morgan fingerprint density at radius 2 is 1.63 bits per heavy atom. The Bertz CT molecular complexity index is 1070.